The molecule has 4 heteroatoms. The highest BCUT2D eigenvalue weighted by Crippen LogP contribution is 2.13. The first-order valence-electron chi connectivity index (χ1n) is 4.43. The maximum atomic E-state index is 5.64. The van der Waals surface area contributed by atoms with E-state index in [-0.39, 0.29) is 0 Å². The maximum Gasteiger partial charge on any atom is 0.0929 e. The number of aromatic nitrogens is 1. The van der Waals surface area contributed by atoms with Crippen LogP contribution in [0.15, 0.2) is 5.38 Å². The van der Waals surface area contributed by atoms with Gasteiger partial charge in [-0.1, -0.05) is 0 Å². The van der Waals surface area contributed by atoms with Crippen molar-refractivity contribution in [1.82, 2.24) is 4.98 Å². The summed E-state index contributed by atoms with van der Waals surface area (Å²) in [6, 6.07) is 0. The van der Waals surface area contributed by atoms with E-state index in [9.17, 15) is 0 Å². The fourth-order valence-corrected chi connectivity index (χ4v) is 2.06. The molecule has 74 valence electrons. The monoisotopic (exact) mass is 219 g/mol. The molecule has 1 rings (SSSR count). The molecule has 0 unspecified atom stereocenters. The smallest absolute Gasteiger partial charge is 0.0929 e. The van der Waals surface area contributed by atoms with Crippen LogP contribution in [0.25, 0.3) is 0 Å². The first-order chi connectivity index (χ1) is 6.36. The Kier molecular flexibility index (Phi) is 5.35. The Balaban J connectivity index is 2.20. The molecule has 0 aliphatic carbocycles. The summed E-state index contributed by atoms with van der Waals surface area (Å²) >= 11 is 7.32. The number of alkyl halides is 1. The van der Waals surface area contributed by atoms with Crippen molar-refractivity contribution in [2.24, 2.45) is 0 Å². The number of aryl methyl sites for hydroxylation is 1. The van der Waals surface area contributed by atoms with Crippen molar-refractivity contribution in [2.75, 3.05) is 13.2 Å². The van der Waals surface area contributed by atoms with Gasteiger partial charge in [0.05, 0.1) is 16.6 Å². The predicted molar refractivity (Wildman–Crippen MR) is 56.5 cm³/mol. The molecule has 1 heterocycles. The van der Waals surface area contributed by atoms with Crippen molar-refractivity contribution in [3.8, 4) is 0 Å². The zero-order valence-electron chi connectivity index (χ0n) is 7.75. The van der Waals surface area contributed by atoms with Gasteiger partial charge in [0, 0.05) is 25.0 Å². The topological polar surface area (TPSA) is 22.1 Å². The second-order valence-electron chi connectivity index (χ2n) is 2.67. The van der Waals surface area contributed by atoms with E-state index in [0.717, 1.165) is 36.8 Å². The Morgan fingerprint density at radius 2 is 2.46 bits per heavy atom. The van der Waals surface area contributed by atoms with Crippen LogP contribution >= 0.6 is 22.9 Å². The number of thiazole rings is 1. The van der Waals surface area contributed by atoms with Gasteiger partial charge in [-0.3, -0.25) is 0 Å². The van der Waals surface area contributed by atoms with Crippen LogP contribution in [0.5, 0.6) is 0 Å². The Hall–Kier alpha value is -0.120. The second kappa shape index (κ2) is 6.35. The SMILES string of the molecule is CCOCCCc1nc(CCl)cs1. The normalized spacial score (nSPS) is 10.6. The highest BCUT2D eigenvalue weighted by molar-refractivity contribution is 7.09. The molecule has 1 aromatic rings. The van der Waals surface area contributed by atoms with E-state index in [0.29, 0.717) is 5.88 Å². The van der Waals surface area contributed by atoms with Gasteiger partial charge in [-0.2, -0.15) is 0 Å². The minimum Gasteiger partial charge on any atom is -0.382 e. The highest BCUT2D eigenvalue weighted by atomic mass is 35.5. The predicted octanol–water partition coefficient (Wildman–Crippen LogP) is 2.85. The van der Waals surface area contributed by atoms with Crippen LogP contribution in [0.2, 0.25) is 0 Å². The summed E-state index contributed by atoms with van der Waals surface area (Å²) in [5, 5.41) is 3.18. The quantitative estimate of drug-likeness (QED) is 0.542. The van der Waals surface area contributed by atoms with Gasteiger partial charge in [-0.25, -0.2) is 4.98 Å². The molecular weight excluding hydrogens is 206 g/mol. The number of rotatable bonds is 6. The van der Waals surface area contributed by atoms with E-state index < -0.39 is 0 Å². The zero-order valence-corrected chi connectivity index (χ0v) is 9.33. The van der Waals surface area contributed by atoms with Gasteiger partial charge in [-0.15, -0.1) is 22.9 Å². The maximum absolute atomic E-state index is 5.64. The third-order valence-electron chi connectivity index (χ3n) is 1.62. The molecule has 13 heavy (non-hydrogen) atoms. The molecule has 0 bridgehead atoms. The molecular formula is C9H14ClNOS. The summed E-state index contributed by atoms with van der Waals surface area (Å²) < 4.78 is 5.24. The summed E-state index contributed by atoms with van der Waals surface area (Å²) in [5.41, 5.74) is 0.984. The van der Waals surface area contributed by atoms with Crippen molar-refractivity contribution >= 4 is 22.9 Å². The fourth-order valence-electron chi connectivity index (χ4n) is 0.995. The van der Waals surface area contributed by atoms with Gasteiger partial charge >= 0.3 is 0 Å². The van der Waals surface area contributed by atoms with Gasteiger partial charge in [0.2, 0.25) is 0 Å². The largest absolute Gasteiger partial charge is 0.382 e. The summed E-state index contributed by atoms with van der Waals surface area (Å²) in [6.07, 6.45) is 2.05. The second-order valence-corrected chi connectivity index (χ2v) is 3.88. The first kappa shape index (κ1) is 11.0. The van der Waals surface area contributed by atoms with Crippen LogP contribution in [-0.4, -0.2) is 18.2 Å². The molecule has 2 nitrogen and oxygen atoms in total. The van der Waals surface area contributed by atoms with E-state index in [2.05, 4.69) is 4.98 Å². The van der Waals surface area contributed by atoms with Crippen LogP contribution in [-0.2, 0) is 17.0 Å². The highest BCUT2D eigenvalue weighted by Gasteiger charge is 2.00. The van der Waals surface area contributed by atoms with Crippen molar-refractivity contribution in [3.63, 3.8) is 0 Å². The molecule has 0 saturated carbocycles. The molecule has 0 atom stereocenters. The number of halogens is 1. The molecule has 0 radical (unpaired) electrons. The first-order valence-corrected chi connectivity index (χ1v) is 5.85. The molecule has 0 amide bonds. The van der Waals surface area contributed by atoms with Crippen molar-refractivity contribution < 1.29 is 4.74 Å². The van der Waals surface area contributed by atoms with Gasteiger partial charge in [0.1, 0.15) is 0 Å². The zero-order chi connectivity index (χ0) is 9.52. The van der Waals surface area contributed by atoms with E-state index in [4.69, 9.17) is 16.3 Å². The lowest BCUT2D eigenvalue weighted by Gasteiger charge is -1.97. The molecule has 1 aromatic heterocycles. The lowest BCUT2D eigenvalue weighted by Crippen LogP contribution is -1.95. The van der Waals surface area contributed by atoms with E-state index >= 15 is 0 Å². The number of nitrogens with zero attached hydrogens (tertiary/aromatic N) is 1. The summed E-state index contributed by atoms with van der Waals surface area (Å²) in [5.74, 6) is 0.516. The minimum atomic E-state index is 0.516. The average molecular weight is 220 g/mol. The lowest BCUT2D eigenvalue weighted by atomic mass is 10.3. The van der Waals surface area contributed by atoms with Gasteiger partial charge in [0.25, 0.3) is 0 Å². The van der Waals surface area contributed by atoms with Crippen molar-refractivity contribution in [2.45, 2.75) is 25.6 Å². The van der Waals surface area contributed by atoms with Crippen LogP contribution < -0.4 is 0 Å². The Bertz CT molecular complexity index is 239. The Morgan fingerprint density at radius 3 is 3.08 bits per heavy atom. The van der Waals surface area contributed by atoms with E-state index in [1.807, 2.05) is 12.3 Å². The summed E-state index contributed by atoms with van der Waals surface area (Å²) in [6.45, 7) is 3.63. The molecule has 0 spiro atoms. The molecule has 0 aliphatic heterocycles. The molecule has 0 aromatic carbocycles. The van der Waals surface area contributed by atoms with Crippen molar-refractivity contribution in [1.29, 1.82) is 0 Å². The minimum absolute atomic E-state index is 0.516. The summed E-state index contributed by atoms with van der Waals surface area (Å²) in [7, 11) is 0. The molecule has 0 aliphatic rings. The molecule has 0 N–H and O–H groups in total. The van der Waals surface area contributed by atoms with Crippen LogP contribution in [0.3, 0.4) is 0 Å². The summed E-state index contributed by atoms with van der Waals surface area (Å²) in [4.78, 5) is 4.36. The van der Waals surface area contributed by atoms with Crippen LogP contribution in [0.1, 0.15) is 24.0 Å². The van der Waals surface area contributed by atoms with Gasteiger partial charge in [-0.05, 0) is 13.3 Å². The van der Waals surface area contributed by atoms with Gasteiger partial charge < -0.3 is 4.74 Å². The number of ether oxygens (including phenoxy) is 1. The Morgan fingerprint density at radius 1 is 1.62 bits per heavy atom. The number of hydrogen-bond donors (Lipinski definition) is 0. The molecule has 0 fully saturated rings. The number of hydrogen-bond acceptors (Lipinski definition) is 3. The Labute approximate surface area is 87.9 Å². The standard InChI is InChI=1S/C9H14ClNOS/c1-2-12-5-3-4-9-11-8(6-10)7-13-9/h7H,2-6H2,1H3. The van der Waals surface area contributed by atoms with E-state index in [1.165, 1.54) is 0 Å². The lowest BCUT2D eigenvalue weighted by molar-refractivity contribution is 0.145. The third kappa shape index (κ3) is 4.07. The van der Waals surface area contributed by atoms with E-state index in [1.54, 1.807) is 11.3 Å². The molecule has 0 saturated heterocycles. The third-order valence-corrected chi connectivity index (χ3v) is 2.85. The van der Waals surface area contributed by atoms with Crippen LogP contribution in [0, 0.1) is 0 Å². The van der Waals surface area contributed by atoms with Crippen LogP contribution in [0.4, 0.5) is 0 Å². The van der Waals surface area contributed by atoms with Crippen molar-refractivity contribution in [3.05, 3.63) is 16.1 Å². The van der Waals surface area contributed by atoms with Gasteiger partial charge in [0.15, 0.2) is 0 Å². The fraction of sp³-hybridized carbons (Fsp3) is 0.667. The average Bonchev–Trinajstić information content (AvgIpc) is 2.60.